The molecule has 0 aromatic heterocycles. The van der Waals surface area contributed by atoms with E-state index in [1.807, 2.05) is 55.5 Å². The molecule has 0 saturated heterocycles. The predicted molar refractivity (Wildman–Crippen MR) is 109 cm³/mol. The summed E-state index contributed by atoms with van der Waals surface area (Å²) in [6.45, 7) is 4.52. The van der Waals surface area contributed by atoms with Gasteiger partial charge in [-0.2, -0.15) is 0 Å². The SMILES string of the molecule is CCNC(=NCCS(=O)c1ccccc1)Nc1ccc2c(c1)OCCCO2. The zero-order chi connectivity index (χ0) is 18.9. The van der Waals surface area contributed by atoms with E-state index < -0.39 is 10.8 Å². The van der Waals surface area contributed by atoms with Gasteiger partial charge in [-0.25, -0.2) is 0 Å². The van der Waals surface area contributed by atoms with Crippen molar-refractivity contribution >= 4 is 22.4 Å². The van der Waals surface area contributed by atoms with E-state index >= 15 is 0 Å². The number of nitrogens with one attached hydrogen (secondary N) is 2. The van der Waals surface area contributed by atoms with Gasteiger partial charge in [-0.15, -0.1) is 0 Å². The van der Waals surface area contributed by atoms with Gasteiger partial charge in [-0.05, 0) is 31.2 Å². The first-order valence-electron chi connectivity index (χ1n) is 9.14. The Morgan fingerprint density at radius 1 is 1.11 bits per heavy atom. The number of nitrogens with zero attached hydrogens (tertiary/aromatic N) is 1. The van der Waals surface area contributed by atoms with Crippen LogP contribution in [0.25, 0.3) is 0 Å². The highest BCUT2D eigenvalue weighted by molar-refractivity contribution is 7.85. The van der Waals surface area contributed by atoms with E-state index in [1.165, 1.54) is 0 Å². The van der Waals surface area contributed by atoms with E-state index in [9.17, 15) is 4.21 Å². The average molecular weight is 388 g/mol. The van der Waals surface area contributed by atoms with Gasteiger partial charge in [-0.3, -0.25) is 9.20 Å². The Morgan fingerprint density at radius 2 is 1.89 bits per heavy atom. The Bertz CT molecular complexity index is 796. The van der Waals surface area contributed by atoms with Gasteiger partial charge in [0.15, 0.2) is 17.5 Å². The highest BCUT2D eigenvalue weighted by atomic mass is 32.2. The van der Waals surface area contributed by atoms with Crippen LogP contribution in [-0.2, 0) is 10.8 Å². The molecular weight excluding hydrogens is 362 g/mol. The van der Waals surface area contributed by atoms with Crippen LogP contribution in [0.2, 0.25) is 0 Å². The first-order valence-corrected chi connectivity index (χ1v) is 10.5. The molecule has 27 heavy (non-hydrogen) atoms. The standard InChI is InChI=1S/C20H25N3O3S/c1-2-21-20(22-11-14-27(24)17-7-4-3-5-8-17)23-16-9-10-18-19(15-16)26-13-6-12-25-18/h3-5,7-10,15H,2,6,11-14H2,1H3,(H2,21,22,23). The van der Waals surface area contributed by atoms with E-state index in [0.29, 0.717) is 31.5 Å². The Labute approximate surface area is 162 Å². The smallest absolute Gasteiger partial charge is 0.195 e. The lowest BCUT2D eigenvalue weighted by molar-refractivity contribution is 0.297. The van der Waals surface area contributed by atoms with E-state index in [4.69, 9.17) is 9.47 Å². The molecule has 0 bridgehead atoms. The second-order valence-corrected chi connectivity index (χ2v) is 7.53. The molecule has 1 heterocycles. The molecule has 0 fully saturated rings. The number of guanidine groups is 1. The van der Waals surface area contributed by atoms with Crippen LogP contribution in [0.5, 0.6) is 11.5 Å². The van der Waals surface area contributed by atoms with Crippen molar-refractivity contribution < 1.29 is 13.7 Å². The molecule has 1 aliphatic heterocycles. The lowest BCUT2D eigenvalue weighted by atomic mass is 10.3. The summed E-state index contributed by atoms with van der Waals surface area (Å²) in [6, 6.07) is 15.2. The third-order valence-corrected chi connectivity index (χ3v) is 5.26. The molecule has 1 aliphatic rings. The molecule has 0 spiro atoms. The predicted octanol–water partition coefficient (Wildman–Crippen LogP) is 3.03. The molecule has 1 atom stereocenters. The number of benzene rings is 2. The van der Waals surface area contributed by atoms with Crippen molar-refractivity contribution in [1.29, 1.82) is 0 Å². The Hall–Kier alpha value is -2.54. The monoisotopic (exact) mass is 387 g/mol. The third-order valence-electron chi connectivity index (χ3n) is 3.91. The molecular formula is C20H25N3O3S. The fourth-order valence-corrected chi connectivity index (χ4v) is 3.57. The minimum Gasteiger partial charge on any atom is -0.490 e. The highest BCUT2D eigenvalue weighted by Gasteiger charge is 2.11. The fourth-order valence-electron chi connectivity index (χ4n) is 2.62. The van der Waals surface area contributed by atoms with E-state index in [1.54, 1.807) is 0 Å². The zero-order valence-corrected chi connectivity index (χ0v) is 16.3. The highest BCUT2D eigenvalue weighted by Crippen LogP contribution is 2.32. The van der Waals surface area contributed by atoms with Crippen molar-refractivity contribution in [3.63, 3.8) is 0 Å². The Balaban J connectivity index is 1.62. The number of fused-ring (bicyclic) bond motifs is 1. The number of hydrogen-bond donors (Lipinski definition) is 2. The molecule has 0 aliphatic carbocycles. The first kappa shape index (κ1) is 19.2. The van der Waals surface area contributed by atoms with Gasteiger partial charge >= 0.3 is 0 Å². The topological polar surface area (TPSA) is 72.0 Å². The van der Waals surface area contributed by atoms with Crippen LogP contribution in [0.3, 0.4) is 0 Å². The summed E-state index contributed by atoms with van der Waals surface area (Å²) in [6.07, 6.45) is 0.875. The van der Waals surface area contributed by atoms with Crippen molar-refractivity contribution in [3.05, 3.63) is 48.5 Å². The number of anilines is 1. The molecule has 0 amide bonds. The van der Waals surface area contributed by atoms with Gasteiger partial charge in [0.1, 0.15) is 0 Å². The summed E-state index contributed by atoms with van der Waals surface area (Å²) in [4.78, 5) is 5.36. The van der Waals surface area contributed by atoms with Gasteiger partial charge in [-0.1, -0.05) is 18.2 Å². The average Bonchev–Trinajstić information content (AvgIpc) is 2.93. The maximum atomic E-state index is 12.3. The quantitative estimate of drug-likeness (QED) is 0.589. The Kier molecular flexibility index (Phi) is 7.10. The van der Waals surface area contributed by atoms with Crippen LogP contribution in [0.1, 0.15) is 13.3 Å². The van der Waals surface area contributed by atoms with Crippen molar-refractivity contribution in [2.45, 2.75) is 18.2 Å². The largest absolute Gasteiger partial charge is 0.490 e. The summed E-state index contributed by atoms with van der Waals surface area (Å²) in [7, 11) is -1.05. The van der Waals surface area contributed by atoms with Gasteiger partial charge < -0.3 is 20.1 Å². The summed E-state index contributed by atoms with van der Waals surface area (Å²) in [5.74, 6) is 2.62. The van der Waals surface area contributed by atoms with Crippen LogP contribution in [0.15, 0.2) is 58.4 Å². The van der Waals surface area contributed by atoms with Crippen molar-refractivity contribution in [2.24, 2.45) is 4.99 Å². The first-order chi connectivity index (χ1) is 13.3. The summed E-state index contributed by atoms with van der Waals surface area (Å²) < 4.78 is 23.7. The molecule has 6 nitrogen and oxygen atoms in total. The normalized spacial score (nSPS) is 14.9. The fraction of sp³-hybridized carbons (Fsp3) is 0.350. The molecule has 0 radical (unpaired) electrons. The lowest BCUT2D eigenvalue weighted by Gasteiger charge is -2.13. The van der Waals surface area contributed by atoms with Gasteiger partial charge in [0, 0.05) is 35.4 Å². The molecule has 0 saturated carbocycles. The van der Waals surface area contributed by atoms with Crippen LogP contribution in [0.4, 0.5) is 5.69 Å². The van der Waals surface area contributed by atoms with Crippen molar-refractivity contribution in [3.8, 4) is 11.5 Å². The minimum atomic E-state index is -1.05. The summed E-state index contributed by atoms with van der Waals surface area (Å²) in [5, 5.41) is 6.47. The molecule has 144 valence electrons. The molecule has 2 aromatic carbocycles. The maximum absolute atomic E-state index is 12.3. The van der Waals surface area contributed by atoms with Gasteiger partial charge in [0.2, 0.25) is 0 Å². The van der Waals surface area contributed by atoms with Gasteiger partial charge in [0.05, 0.1) is 30.6 Å². The summed E-state index contributed by atoms with van der Waals surface area (Å²) in [5.41, 5.74) is 0.864. The maximum Gasteiger partial charge on any atom is 0.195 e. The van der Waals surface area contributed by atoms with Gasteiger partial charge in [0.25, 0.3) is 0 Å². The third kappa shape index (κ3) is 5.72. The van der Waals surface area contributed by atoms with Crippen LogP contribution >= 0.6 is 0 Å². The van der Waals surface area contributed by atoms with E-state index in [-0.39, 0.29) is 0 Å². The van der Waals surface area contributed by atoms with Crippen LogP contribution < -0.4 is 20.1 Å². The van der Waals surface area contributed by atoms with Crippen LogP contribution in [0, 0.1) is 0 Å². The second kappa shape index (κ2) is 9.97. The molecule has 7 heteroatoms. The van der Waals surface area contributed by atoms with Crippen LogP contribution in [-0.4, -0.2) is 42.2 Å². The minimum absolute atomic E-state index is 0.460. The zero-order valence-electron chi connectivity index (χ0n) is 15.4. The number of hydrogen-bond acceptors (Lipinski definition) is 4. The molecule has 3 rings (SSSR count). The second-order valence-electron chi connectivity index (χ2n) is 5.96. The number of aliphatic imine (C=N–C) groups is 1. The number of rotatable bonds is 6. The molecule has 2 N–H and O–H groups in total. The van der Waals surface area contributed by atoms with Crippen molar-refractivity contribution in [2.75, 3.05) is 37.4 Å². The van der Waals surface area contributed by atoms with Crippen molar-refractivity contribution in [1.82, 2.24) is 5.32 Å². The Morgan fingerprint density at radius 3 is 2.67 bits per heavy atom. The van der Waals surface area contributed by atoms with E-state index in [2.05, 4.69) is 15.6 Å². The lowest BCUT2D eigenvalue weighted by Crippen LogP contribution is -2.31. The van der Waals surface area contributed by atoms with E-state index in [0.717, 1.165) is 35.0 Å². The molecule has 1 unspecified atom stereocenters. The number of ether oxygens (including phenoxy) is 2. The molecule has 2 aromatic rings. The summed E-state index contributed by atoms with van der Waals surface area (Å²) >= 11 is 0.